The average Bonchev–Trinajstić information content (AvgIpc) is 2.49. The van der Waals surface area contributed by atoms with E-state index < -0.39 is 18.2 Å². The van der Waals surface area contributed by atoms with Gasteiger partial charge in [0.15, 0.2) is 0 Å². The summed E-state index contributed by atoms with van der Waals surface area (Å²) in [5, 5.41) is 0. The maximum Gasteiger partial charge on any atom is 0.407 e. The normalized spacial score (nSPS) is 13.0. The van der Waals surface area contributed by atoms with Crippen molar-refractivity contribution < 1.29 is 22.7 Å². The molecule has 0 fully saturated rings. The Bertz CT molecular complexity index is 457. The Kier molecular flexibility index (Phi) is 7.38. The maximum atomic E-state index is 12.5. The molecule has 6 heteroatoms. The van der Waals surface area contributed by atoms with Crippen LogP contribution in [0.25, 0.3) is 0 Å². The summed E-state index contributed by atoms with van der Waals surface area (Å²) in [7, 11) is 0. The van der Waals surface area contributed by atoms with Crippen LogP contribution in [0.4, 0.5) is 13.2 Å². The number of hydrogen-bond acceptors (Lipinski definition) is 3. The van der Waals surface area contributed by atoms with E-state index in [1.54, 1.807) is 0 Å². The van der Waals surface area contributed by atoms with E-state index in [-0.39, 0.29) is 11.1 Å². The summed E-state index contributed by atoms with van der Waals surface area (Å²) in [6, 6.07) is 2.98. The quantitative estimate of drug-likeness (QED) is 0.572. The zero-order valence-corrected chi connectivity index (χ0v) is 12.7. The summed E-state index contributed by atoms with van der Waals surface area (Å²) in [4.78, 5) is 11.7. The van der Waals surface area contributed by atoms with Crippen LogP contribution < -0.4 is 5.73 Å². The first-order chi connectivity index (χ1) is 10.4. The second-order valence-corrected chi connectivity index (χ2v) is 5.19. The monoisotopic (exact) mass is 317 g/mol. The van der Waals surface area contributed by atoms with Crippen molar-refractivity contribution in [2.45, 2.75) is 51.2 Å². The fourth-order valence-corrected chi connectivity index (χ4v) is 1.97. The number of benzene rings is 1. The number of rotatable bonds is 8. The van der Waals surface area contributed by atoms with Gasteiger partial charge in [-0.05, 0) is 24.1 Å². The smallest absolute Gasteiger partial charge is 0.407 e. The van der Waals surface area contributed by atoms with Crippen LogP contribution in [0.2, 0.25) is 0 Å². The maximum absolute atomic E-state index is 12.5. The Morgan fingerprint density at radius 2 is 1.73 bits per heavy atom. The summed E-state index contributed by atoms with van der Waals surface area (Å²) in [6.45, 7) is 2.45. The fraction of sp³-hybridized carbons (Fsp3) is 0.562. The van der Waals surface area contributed by atoms with Gasteiger partial charge >= 0.3 is 12.1 Å². The molecule has 22 heavy (non-hydrogen) atoms. The number of ether oxygens (including phenoxy) is 1. The van der Waals surface area contributed by atoms with Crippen molar-refractivity contribution in [1.82, 2.24) is 0 Å². The van der Waals surface area contributed by atoms with Gasteiger partial charge in [0.1, 0.15) is 6.04 Å². The number of alkyl halides is 3. The van der Waals surface area contributed by atoms with E-state index in [9.17, 15) is 18.0 Å². The van der Waals surface area contributed by atoms with Crippen LogP contribution in [0.1, 0.15) is 61.0 Å². The highest BCUT2D eigenvalue weighted by atomic mass is 19.4. The van der Waals surface area contributed by atoms with Gasteiger partial charge in [-0.2, -0.15) is 13.2 Å². The Balaban J connectivity index is 2.44. The molecule has 0 aliphatic rings. The molecule has 0 spiro atoms. The van der Waals surface area contributed by atoms with E-state index in [1.807, 2.05) is 0 Å². The first-order valence-corrected chi connectivity index (χ1v) is 7.45. The largest absolute Gasteiger partial charge is 0.462 e. The van der Waals surface area contributed by atoms with Crippen LogP contribution in [0.15, 0.2) is 24.3 Å². The predicted octanol–water partition coefficient (Wildman–Crippen LogP) is 4.38. The fourth-order valence-electron chi connectivity index (χ4n) is 1.97. The van der Waals surface area contributed by atoms with Crippen LogP contribution in [-0.4, -0.2) is 18.8 Å². The number of halogens is 3. The molecule has 0 unspecified atom stereocenters. The Morgan fingerprint density at radius 1 is 1.14 bits per heavy atom. The lowest BCUT2D eigenvalue weighted by atomic mass is 10.1. The minimum atomic E-state index is -4.50. The summed E-state index contributed by atoms with van der Waals surface area (Å²) < 4.78 is 42.5. The van der Waals surface area contributed by atoms with Crippen molar-refractivity contribution in [3.8, 4) is 0 Å². The van der Waals surface area contributed by atoms with Gasteiger partial charge in [0.25, 0.3) is 0 Å². The van der Waals surface area contributed by atoms with E-state index in [4.69, 9.17) is 10.5 Å². The second-order valence-electron chi connectivity index (χ2n) is 5.19. The first kappa shape index (κ1) is 18.5. The Labute approximate surface area is 128 Å². The molecular weight excluding hydrogens is 295 g/mol. The highest BCUT2D eigenvalue weighted by molar-refractivity contribution is 5.89. The van der Waals surface area contributed by atoms with E-state index in [0.29, 0.717) is 6.61 Å². The zero-order chi connectivity index (χ0) is 16.6. The summed E-state index contributed by atoms with van der Waals surface area (Å²) in [6.07, 6.45) is 0.711. The van der Waals surface area contributed by atoms with Crippen molar-refractivity contribution in [2.75, 3.05) is 6.61 Å². The summed E-state index contributed by atoms with van der Waals surface area (Å²) in [5.41, 5.74) is 5.24. The number of unbranched alkanes of at least 4 members (excludes halogenated alkanes) is 4. The highest BCUT2D eigenvalue weighted by Crippen LogP contribution is 2.30. The van der Waals surface area contributed by atoms with Crippen LogP contribution in [0, 0.1) is 0 Å². The van der Waals surface area contributed by atoms with Gasteiger partial charge in [0.2, 0.25) is 0 Å². The van der Waals surface area contributed by atoms with Crippen LogP contribution >= 0.6 is 0 Å². The van der Waals surface area contributed by atoms with Crippen molar-refractivity contribution in [1.29, 1.82) is 0 Å². The van der Waals surface area contributed by atoms with Crippen LogP contribution in [0.3, 0.4) is 0 Å². The summed E-state index contributed by atoms with van der Waals surface area (Å²) in [5.74, 6) is -0.525. The number of nitrogens with two attached hydrogens (primary N) is 1. The van der Waals surface area contributed by atoms with E-state index in [1.165, 1.54) is 24.3 Å². The molecule has 1 aromatic carbocycles. The number of hydrogen-bond donors (Lipinski definition) is 1. The minimum Gasteiger partial charge on any atom is -0.462 e. The number of esters is 1. The third-order valence-corrected chi connectivity index (χ3v) is 3.34. The zero-order valence-electron chi connectivity index (χ0n) is 12.7. The molecule has 0 saturated carbocycles. The van der Waals surface area contributed by atoms with Crippen molar-refractivity contribution in [3.05, 3.63) is 35.4 Å². The lowest BCUT2D eigenvalue weighted by Crippen LogP contribution is -2.28. The molecule has 3 nitrogen and oxygen atoms in total. The SMILES string of the molecule is CCCCCCCOC(=O)c1ccc([C@H](N)C(F)(F)F)cc1. The minimum absolute atomic E-state index is 0.0800. The van der Waals surface area contributed by atoms with Crippen molar-refractivity contribution >= 4 is 5.97 Å². The van der Waals surface area contributed by atoms with Gasteiger partial charge in [0, 0.05) is 0 Å². The topological polar surface area (TPSA) is 52.3 Å². The molecule has 0 radical (unpaired) electrons. The molecule has 0 heterocycles. The molecular formula is C16H22F3NO2. The molecule has 0 amide bonds. The molecule has 0 aromatic heterocycles. The number of carbonyl (C=O) groups excluding carboxylic acids is 1. The predicted molar refractivity (Wildman–Crippen MR) is 78.5 cm³/mol. The third kappa shape index (κ3) is 6.05. The van der Waals surface area contributed by atoms with E-state index in [0.717, 1.165) is 32.1 Å². The van der Waals surface area contributed by atoms with Crippen LogP contribution in [0.5, 0.6) is 0 Å². The van der Waals surface area contributed by atoms with Crippen LogP contribution in [-0.2, 0) is 4.74 Å². The molecule has 2 N–H and O–H groups in total. The highest BCUT2D eigenvalue weighted by Gasteiger charge is 2.37. The lowest BCUT2D eigenvalue weighted by molar-refractivity contribution is -0.149. The molecule has 1 aromatic rings. The Hall–Kier alpha value is -1.56. The van der Waals surface area contributed by atoms with Gasteiger partial charge in [0.05, 0.1) is 12.2 Å². The molecule has 0 bridgehead atoms. The molecule has 0 saturated heterocycles. The molecule has 124 valence electrons. The molecule has 1 atom stereocenters. The second kappa shape index (κ2) is 8.78. The Morgan fingerprint density at radius 3 is 2.27 bits per heavy atom. The van der Waals surface area contributed by atoms with Gasteiger partial charge in [-0.1, -0.05) is 44.7 Å². The number of carbonyl (C=O) groups is 1. The standard InChI is InChI=1S/C16H22F3NO2/c1-2-3-4-5-6-11-22-15(21)13-9-7-12(8-10-13)14(20)16(17,18)19/h7-10,14H,2-6,11,20H2,1H3/t14-/m0/s1. The lowest BCUT2D eigenvalue weighted by Gasteiger charge is -2.15. The van der Waals surface area contributed by atoms with E-state index >= 15 is 0 Å². The average molecular weight is 317 g/mol. The molecule has 0 aliphatic heterocycles. The molecule has 0 aliphatic carbocycles. The van der Waals surface area contributed by atoms with Crippen molar-refractivity contribution in [3.63, 3.8) is 0 Å². The van der Waals surface area contributed by atoms with Gasteiger partial charge < -0.3 is 10.5 Å². The van der Waals surface area contributed by atoms with Gasteiger partial charge in [-0.15, -0.1) is 0 Å². The summed E-state index contributed by atoms with van der Waals surface area (Å²) >= 11 is 0. The van der Waals surface area contributed by atoms with Gasteiger partial charge in [-0.25, -0.2) is 4.79 Å². The first-order valence-electron chi connectivity index (χ1n) is 7.45. The third-order valence-electron chi connectivity index (χ3n) is 3.34. The van der Waals surface area contributed by atoms with Gasteiger partial charge in [-0.3, -0.25) is 0 Å². The van der Waals surface area contributed by atoms with Crippen molar-refractivity contribution in [2.24, 2.45) is 5.73 Å². The molecule has 1 rings (SSSR count). The van der Waals surface area contributed by atoms with E-state index in [2.05, 4.69) is 6.92 Å².